The second-order valence-corrected chi connectivity index (χ2v) is 7.74. The zero-order valence-electron chi connectivity index (χ0n) is 15.2. The molecule has 1 amide bonds. The molecule has 1 heterocycles. The molecule has 134 valence electrons. The molecule has 1 aromatic carbocycles. The first-order valence-corrected chi connectivity index (χ1v) is 8.53. The maximum Gasteiger partial charge on any atom is 0.407 e. The summed E-state index contributed by atoms with van der Waals surface area (Å²) in [4.78, 5) is 12.1. The average Bonchev–Trinajstić information content (AvgIpc) is 2.42. The molecule has 2 rings (SSSR count). The summed E-state index contributed by atoms with van der Waals surface area (Å²) in [6.45, 7) is 9.89. The molecule has 1 saturated heterocycles. The highest BCUT2D eigenvalue weighted by molar-refractivity contribution is 5.68. The van der Waals surface area contributed by atoms with Gasteiger partial charge in [0.2, 0.25) is 0 Å². The van der Waals surface area contributed by atoms with Crippen LogP contribution in [0.4, 0.5) is 4.79 Å². The molecular weight excluding hydrogens is 306 g/mol. The first kappa shape index (κ1) is 18.7. The van der Waals surface area contributed by atoms with E-state index in [9.17, 15) is 9.90 Å². The Balaban J connectivity index is 2.04. The summed E-state index contributed by atoms with van der Waals surface area (Å²) in [5, 5.41) is 13.7. The summed E-state index contributed by atoms with van der Waals surface area (Å²) in [5.41, 5.74) is 0.482. The number of benzene rings is 1. The molecule has 0 unspecified atom stereocenters. The largest absolute Gasteiger partial charge is 0.444 e. The van der Waals surface area contributed by atoms with E-state index in [1.807, 2.05) is 65.0 Å². The van der Waals surface area contributed by atoms with Crippen molar-refractivity contribution in [2.24, 2.45) is 11.8 Å². The molecule has 1 aliphatic rings. The van der Waals surface area contributed by atoms with Crippen LogP contribution >= 0.6 is 0 Å². The summed E-state index contributed by atoms with van der Waals surface area (Å²) in [7, 11) is 0. The lowest BCUT2D eigenvalue weighted by molar-refractivity contribution is -0.169. The van der Waals surface area contributed by atoms with E-state index in [1.165, 1.54) is 0 Å². The van der Waals surface area contributed by atoms with Crippen LogP contribution in [0, 0.1) is 11.8 Å². The normalized spacial score (nSPS) is 23.3. The first-order chi connectivity index (χ1) is 11.2. The lowest BCUT2D eigenvalue weighted by atomic mass is 9.81. The van der Waals surface area contributed by atoms with Gasteiger partial charge in [0.25, 0.3) is 0 Å². The molecule has 0 aromatic heterocycles. The van der Waals surface area contributed by atoms with Crippen molar-refractivity contribution >= 4 is 6.09 Å². The zero-order valence-corrected chi connectivity index (χ0v) is 15.2. The SMILES string of the molecule is CC(C)[C@H](NC(=O)OC(C)(C)C)[C@H](O)[C@H]1CO[C@@H]1c1ccccc1. The standard InChI is InChI=1S/C19H29NO4/c1-12(2)15(20-18(22)24-19(3,4)5)16(21)14-11-23-17(14)13-9-7-6-8-10-13/h6-10,12,14-17,21H,11H2,1-5H3,(H,20,22)/t14-,15+,16-,17-/m1/s1. The molecule has 1 aromatic rings. The van der Waals surface area contributed by atoms with Gasteiger partial charge in [0.05, 0.1) is 24.9 Å². The summed E-state index contributed by atoms with van der Waals surface area (Å²) >= 11 is 0. The molecule has 1 fully saturated rings. The smallest absolute Gasteiger partial charge is 0.407 e. The van der Waals surface area contributed by atoms with Gasteiger partial charge < -0.3 is 19.9 Å². The summed E-state index contributed by atoms with van der Waals surface area (Å²) in [6.07, 6.45) is -1.34. The molecule has 2 N–H and O–H groups in total. The number of rotatable bonds is 5. The van der Waals surface area contributed by atoms with Crippen molar-refractivity contribution in [3.05, 3.63) is 35.9 Å². The Kier molecular flexibility index (Phi) is 5.88. The number of nitrogens with one attached hydrogen (secondary N) is 1. The Morgan fingerprint density at radius 3 is 2.38 bits per heavy atom. The monoisotopic (exact) mass is 335 g/mol. The lowest BCUT2D eigenvalue weighted by Crippen LogP contribution is -2.55. The number of alkyl carbamates (subject to hydrolysis) is 1. The maximum absolute atomic E-state index is 12.1. The van der Waals surface area contributed by atoms with Crippen molar-refractivity contribution in [3.63, 3.8) is 0 Å². The van der Waals surface area contributed by atoms with Crippen LogP contribution in [0.1, 0.15) is 46.3 Å². The molecule has 5 heteroatoms. The number of aliphatic hydroxyl groups excluding tert-OH is 1. The van der Waals surface area contributed by atoms with Crippen molar-refractivity contribution in [2.45, 2.75) is 58.5 Å². The van der Waals surface area contributed by atoms with E-state index in [1.54, 1.807) is 0 Å². The Bertz CT molecular complexity index is 538. The van der Waals surface area contributed by atoms with Crippen molar-refractivity contribution in [1.29, 1.82) is 0 Å². The number of aliphatic hydroxyl groups is 1. The van der Waals surface area contributed by atoms with Gasteiger partial charge in [-0.15, -0.1) is 0 Å². The van der Waals surface area contributed by atoms with E-state index in [4.69, 9.17) is 9.47 Å². The first-order valence-electron chi connectivity index (χ1n) is 8.53. The van der Waals surface area contributed by atoms with E-state index in [0.717, 1.165) is 5.56 Å². The van der Waals surface area contributed by atoms with E-state index in [0.29, 0.717) is 6.61 Å². The molecule has 0 aliphatic carbocycles. The summed E-state index contributed by atoms with van der Waals surface area (Å²) in [6, 6.07) is 9.47. The van der Waals surface area contributed by atoms with Crippen LogP contribution in [-0.2, 0) is 9.47 Å². The van der Waals surface area contributed by atoms with E-state index >= 15 is 0 Å². The minimum Gasteiger partial charge on any atom is -0.444 e. The van der Waals surface area contributed by atoms with E-state index in [-0.39, 0.29) is 24.0 Å². The second-order valence-electron chi connectivity index (χ2n) is 7.74. The lowest BCUT2D eigenvalue weighted by Gasteiger charge is -2.43. The van der Waals surface area contributed by atoms with Gasteiger partial charge in [-0.1, -0.05) is 44.2 Å². The predicted molar refractivity (Wildman–Crippen MR) is 92.6 cm³/mol. The maximum atomic E-state index is 12.1. The number of carbonyl (C=O) groups excluding carboxylic acids is 1. The zero-order chi connectivity index (χ0) is 17.9. The Labute approximate surface area is 144 Å². The second kappa shape index (κ2) is 7.53. The molecule has 0 bridgehead atoms. The number of hydrogen-bond donors (Lipinski definition) is 2. The number of ether oxygens (including phenoxy) is 2. The molecule has 4 atom stereocenters. The van der Waals surface area contributed by atoms with Gasteiger partial charge in [-0.3, -0.25) is 0 Å². The molecule has 0 radical (unpaired) electrons. The van der Waals surface area contributed by atoms with Crippen molar-refractivity contribution in [1.82, 2.24) is 5.32 Å². The van der Waals surface area contributed by atoms with Crippen LogP contribution in [0.5, 0.6) is 0 Å². The molecule has 0 spiro atoms. The quantitative estimate of drug-likeness (QED) is 0.866. The van der Waals surface area contributed by atoms with E-state index in [2.05, 4.69) is 5.32 Å². The summed E-state index contributed by atoms with van der Waals surface area (Å²) in [5.74, 6) is 0.0271. The fraction of sp³-hybridized carbons (Fsp3) is 0.632. The third-order valence-corrected chi connectivity index (χ3v) is 4.19. The molecule has 0 saturated carbocycles. The molecule has 1 aliphatic heterocycles. The Hall–Kier alpha value is -1.59. The van der Waals surface area contributed by atoms with Gasteiger partial charge >= 0.3 is 6.09 Å². The van der Waals surface area contributed by atoms with Crippen LogP contribution < -0.4 is 5.32 Å². The molecule has 24 heavy (non-hydrogen) atoms. The third-order valence-electron chi connectivity index (χ3n) is 4.19. The van der Waals surface area contributed by atoms with Gasteiger partial charge in [-0.2, -0.15) is 0 Å². The third kappa shape index (κ3) is 4.71. The van der Waals surface area contributed by atoms with Gasteiger partial charge in [0.1, 0.15) is 5.60 Å². The number of hydrogen-bond acceptors (Lipinski definition) is 4. The minimum atomic E-state index is -0.698. The van der Waals surface area contributed by atoms with Crippen LogP contribution in [0.3, 0.4) is 0 Å². The predicted octanol–water partition coefficient (Wildman–Crippen LogP) is 3.28. The van der Waals surface area contributed by atoms with Gasteiger partial charge in [0.15, 0.2) is 0 Å². The van der Waals surface area contributed by atoms with Crippen LogP contribution in [0.15, 0.2) is 30.3 Å². The number of amides is 1. The minimum absolute atomic E-state index is 0.0465. The van der Waals surface area contributed by atoms with E-state index < -0.39 is 17.8 Å². The Morgan fingerprint density at radius 2 is 1.92 bits per heavy atom. The highest BCUT2D eigenvalue weighted by Crippen LogP contribution is 2.39. The van der Waals surface area contributed by atoms with Crippen molar-refractivity contribution in [3.8, 4) is 0 Å². The van der Waals surface area contributed by atoms with Gasteiger partial charge in [0, 0.05) is 5.92 Å². The van der Waals surface area contributed by atoms with Crippen molar-refractivity contribution < 1.29 is 19.4 Å². The van der Waals surface area contributed by atoms with Gasteiger partial charge in [-0.25, -0.2) is 4.79 Å². The molecule has 5 nitrogen and oxygen atoms in total. The Morgan fingerprint density at radius 1 is 1.29 bits per heavy atom. The summed E-state index contributed by atoms with van der Waals surface area (Å²) < 4.78 is 11.0. The number of carbonyl (C=O) groups is 1. The highest BCUT2D eigenvalue weighted by Gasteiger charge is 2.43. The van der Waals surface area contributed by atoms with Crippen LogP contribution in [0.2, 0.25) is 0 Å². The highest BCUT2D eigenvalue weighted by atomic mass is 16.6. The van der Waals surface area contributed by atoms with Crippen LogP contribution in [0.25, 0.3) is 0 Å². The van der Waals surface area contributed by atoms with Crippen molar-refractivity contribution in [2.75, 3.05) is 6.61 Å². The average molecular weight is 335 g/mol. The molecular formula is C19H29NO4. The fourth-order valence-electron chi connectivity index (χ4n) is 2.92. The topological polar surface area (TPSA) is 67.8 Å². The van der Waals surface area contributed by atoms with Crippen LogP contribution in [-0.4, -0.2) is 35.6 Å². The van der Waals surface area contributed by atoms with Gasteiger partial charge in [-0.05, 0) is 32.3 Å². The fourth-order valence-corrected chi connectivity index (χ4v) is 2.92.